The SMILES string of the molecule is CC(=O)Oc1ccc(C)cc1[C]=O. The van der Waals surface area contributed by atoms with E-state index in [4.69, 9.17) is 4.74 Å². The lowest BCUT2D eigenvalue weighted by Crippen LogP contribution is -2.03. The molecule has 3 nitrogen and oxygen atoms in total. The van der Waals surface area contributed by atoms with Gasteiger partial charge in [-0.3, -0.25) is 9.59 Å². The molecule has 0 N–H and O–H groups in total. The summed E-state index contributed by atoms with van der Waals surface area (Å²) in [7, 11) is 0. The molecule has 1 aromatic carbocycles. The van der Waals surface area contributed by atoms with E-state index in [1.54, 1.807) is 24.5 Å². The molecule has 0 saturated carbocycles. The van der Waals surface area contributed by atoms with E-state index in [9.17, 15) is 9.59 Å². The average Bonchev–Trinajstić information content (AvgIpc) is 2.07. The van der Waals surface area contributed by atoms with Crippen LogP contribution in [0, 0.1) is 6.92 Å². The minimum atomic E-state index is -0.444. The van der Waals surface area contributed by atoms with Gasteiger partial charge in [0.05, 0.1) is 5.56 Å². The number of benzene rings is 1. The van der Waals surface area contributed by atoms with Crippen LogP contribution in [0.4, 0.5) is 0 Å². The fourth-order valence-electron chi connectivity index (χ4n) is 0.967. The molecule has 0 unspecified atom stereocenters. The zero-order valence-electron chi connectivity index (χ0n) is 7.46. The lowest BCUT2D eigenvalue weighted by molar-refractivity contribution is -0.131. The summed E-state index contributed by atoms with van der Waals surface area (Å²) in [5, 5.41) is 0. The second-order valence-electron chi connectivity index (χ2n) is 2.70. The normalized spacial score (nSPS) is 9.38. The Labute approximate surface area is 76.3 Å². The van der Waals surface area contributed by atoms with Crippen LogP contribution in [-0.2, 0) is 9.59 Å². The third-order valence-electron chi connectivity index (χ3n) is 1.50. The van der Waals surface area contributed by atoms with Crippen molar-refractivity contribution < 1.29 is 14.3 Å². The average molecular weight is 177 g/mol. The molecule has 1 radical (unpaired) electrons. The van der Waals surface area contributed by atoms with Crippen molar-refractivity contribution in [2.24, 2.45) is 0 Å². The molecule has 0 aliphatic heterocycles. The molecule has 0 fully saturated rings. The molecule has 0 saturated heterocycles. The van der Waals surface area contributed by atoms with Gasteiger partial charge in [0, 0.05) is 6.92 Å². The van der Waals surface area contributed by atoms with Crippen LogP contribution in [-0.4, -0.2) is 12.3 Å². The van der Waals surface area contributed by atoms with Crippen molar-refractivity contribution in [1.82, 2.24) is 0 Å². The van der Waals surface area contributed by atoms with Gasteiger partial charge in [0.1, 0.15) is 5.75 Å². The largest absolute Gasteiger partial charge is 0.426 e. The van der Waals surface area contributed by atoms with Crippen LogP contribution >= 0.6 is 0 Å². The molecule has 0 bridgehead atoms. The standard InChI is InChI=1S/C10H9O3/c1-7-3-4-10(13-8(2)12)9(5-7)6-11/h3-5H,1-2H3. The van der Waals surface area contributed by atoms with E-state index >= 15 is 0 Å². The van der Waals surface area contributed by atoms with Gasteiger partial charge in [-0.1, -0.05) is 11.6 Å². The van der Waals surface area contributed by atoms with Gasteiger partial charge >= 0.3 is 5.97 Å². The third kappa shape index (κ3) is 2.40. The molecular weight excluding hydrogens is 168 g/mol. The van der Waals surface area contributed by atoms with Crippen molar-refractivity contribution in [2.75, 3.05) is 0 Å². The van der Waals surface area contributed by atoms with Crippen molar-refractivity contribution in [3.8, 4) is 5.75 Å². The Bertz CT molecular complexity index is 342. The first-order valence-corrected chi connectivity index (χ1v) is 3.80. The van der Waals surface area contributed by atoms with E-state index in [1.807, 2.05) is 6.92 Å². The van der Waals surface area contributed by atoms with E-state index in [2.05, 4.69) is 0 Å². The lowest BCUT2D eigenvalue weighted by Gasteiger charge is -2.03. The highest BCUT2D eigenvalue weighted by atomic mass is 16.5. The van der Waals surface area contributed by atoms with Crippen molar-refractivity contribution in [3.63, 3.8) is 0 Å². The Morgan fingerprint density at radius 2 is 2.15 bits per heavy atom. The fourth-order valence-corrected chi connectivity index (χ4v) is 0.967. The predicted molar refractivity (Wildman–Crippen MR) is 47.3 cm³/mol. The fraction of sp³-hybridized carbons (Fsp3) is 0.200. The summed E-state index contributed by atoms with van der Waals surface area (Å²) < 4.78 is 4.79. The minimum absolute atomic E-state index is 0.258. The molecule has 1 rings (SSSR count). The quantitative estimate of drug-likeness (QED) is 0.506. The maximum absolute atomic E-state index is 10.6. The number of hydrogen-bond donors (Lipinski definition) is 0. The second kappa shape index (κ2) is 3.85. The van der Waals surface area contributed by atoms with E-state index < -0.39 is 5.97 Å². The van der Waals surface area contributed by atoms with Gasteiger partial charge < -0.3 is 4.74 Å². The molecule has 0 aliphatic carbocycles. The zero-order chi connectivity index (χ0) is 9.84. The number of ether oxygens (including phenoxy) is 1. The Morgan fingerprint density at radius 3 is 2.69 bits per heavy atom. The lowest BCUT2D eigenvalue weighted by atomic mass is 10.1. The van der Waals surface area contributed by atoms with Gasteiger partial charge in [-0.15, -0.1) is 0 Å². The van der Waals surface area contributed by atoms with Crippen molar-refractivity contribution >= 4 is 12.3 Å². The van der Waals surface area contributed by atoms with Gasteiger partial charge in [0.25, 0.3) is 0 Å². The molecule has 67 valence electrons. The number of aryl methyl sites for hydroxylation is 1. The Morgan fingerprint density at radius 1 is 1.46 bits per heavy atom. The van der Waals surface area contributed by atoms with Crippen LogP contribution in [0.5, 0.6) is 5.75 Å². The smallest absolute Gasteiger partial charge is 0.308 e. The van der Waals surface area contributed by atoms with E-state index in [0.717, 1.165) is 5.56 Å². The Balaban J connectivity index is 3.05. The monoisotopic (exact) mass is 177 g/mol. The summed E-state index contributed by atoms with van der Waals surface area (Å²) >= 11 is 0. The number of hydrogen-bond acceptors (Lipinski definition) is 3. The first kappa shape index (κ1) is 9.45. The van der Waals surface area contributed by atoms with Crippen LogP contribution in [0.15, 0.2) is 18.2 Å². The maximum atomic E-state index is 10.6. The summed E-state index contributed by atoms with van der Waals surface area (Å²) in [6.45, 7) is 3.13. The van der Waals surface area contributed by atoms with Crippen LogP contribution in [0.25, 0.3) is 0 Å². The first-order chi connectivity index (χ1) is 6.13. The van der Waals surface area contributed by atoms with Crippen molar-refractivity contribution in [1.29, 1.82) is 0 Å². The van der Waals surface area contributed by atoms with Gasteiger partial charge in [0.2, 0.25) is 6.29 Å². The maximum Gasteiger partial charge on any atom is 0.308 e. The van der Waals surface area contributed by atoms with Gasteiger partial charge in [-0.05, 0) is 19.1 Å². The Kier molecular flexibility index (Phi) is 2.80. The predicted octanol–water partition coefficient (Wildman–Crippen LogP) is 1.38. The van der Waals surface area contributed by atoms with Gasteiger partial charge in [-0.2, -0.15) is 0 Å². The zero-order valence-corrected chi connectivity index (χ0v) is 7.46. The number of esters is 1. The molecule has 0 heterocycles. The highest BCUT2D eigenvalue weighted by Gasteiger charge is 2.05. The highest BCUT2D eigenvalue weighted by Crippen LogP contribution is 2.17. The second-order valence-corrected chi connectivity index (χ2v) is 2.70. The summed E-state index contributed by atoms with van der Waals surface area (Å²) in [4.78, 5) is 21.1. The van der Waals surface area contributed by atoms with Crippen LogP contribution in [0.1, 0.15) is 18.1 Å². The first-order valence-electron chi connectivity index (χ1n) is 3.80. The molecule has 13 heavy (non-hydrogen) atoms. The van der Waals surface area contributed by atoms with Crippen LogP contribution in [0.3, 0.4) is 0 Å². The number of carbonyl (C=O) groups is 1. The van der Waals surface area contributed by atoms with Crippen LogP contribution in [0.2, 0.25) is 0 Å². The number of rotatable bonds is 2. The minimum Gasteiger partial charge on any atom is -0.426 e. The van der Waals surface area contributed by atoms with Gasteiger partial charge in [-0.25, -0.2) is 0 Å². The number of carbonyl (C=O) groups excluding carboxylic acids is 2. The van der Waals surface area contributed by atoms with Crippen molar-refractivity contribution in [2.45, 2.75) is 13.8 Å². The summed E-state index contributed by atoms with van der Waals surface area (Å²) in [6, 6.07) is 4.96. The van der Waals surface area contributed by atoms with E-state index in [0.29, 0.717) is 0 Å². The van der Waals surface area contributed by atoms with Crippen molar-refractivity contribution in [3.05, 3.63) is 29.3 Å². The molecule has 0 atom stereocenters. The summed E-state index contributed by atoms with van der Waals surface area (Å²) in [5.74, 6) is -0.187. The summed E-state index contributed by atoms with van der Waals surface area (Å²) in [6.07, 6.45) is 1.71. The molecule has 1 aromatic rings. The van der Waals surface area contributed by atoms with Crippen LogP contribution < -0.4 is 4.74 Å². The molecule has 0 aromatic heterocycles. The summed E-state index contributed by atoms with van der Waals surface area (Å²) in [5.41, 5.74) is 1.20. The molecule has 3 heteroatoms. The van der Waals surface area contributed by atoms with Gasteiger partial charge in [0.15, 0.2) is 0 Å². The topological polar surface area (TPSA) is 43.4 Å². The third-order valence-corrected chi connectivity index (χ3v) is 1.50. The molecule has 0 amide bonds. The Hall–Kier alpha value is -1.64. The molecule has 0 aliphatic rings. The van der Waals surface area contributed by atoms with E-state index in [-0.39, 0.29) is 11.3 Å². The van der Waals surface area contributed by atoms with E-state index in [1.165, 1.54) is 6.92 Å². The molecule has 0 spiro atoms. The highest BCUT2D eigenvalue weighted by molar-refractivity contribution is 5.82. The molecular formula is C10H9O3.